The second-order valence-electron chi connectivity index (χ2n) is 2.46. The molecule has 0 rings (SSSR count). The van der Waals surface area contributed by atoms with E-state index in [1.165, 1.54) is 0 Å². The Morgan fingerprint density at radius 2 is 2.00 bits per heavy atom. The van der Waals surface area contributed by atoms with Crippen molar-refractivity contribution in [3.63, 3.8) is 0 Å². The first kappa shape index (κ1) is 10.4. The lowest BCUT2D eigenvalue weighted by molar-refractivity contribution is 0.712. The van der Waals surface area contributed by atoms with Gasteiger partial charge in [-0.25, -0.2) is 0 Å². The molecular formula is C9H16NP. The molecule has 1 nitrogen and oxygen atoms in total. The molecule has 0 saturated carbocycles. The van der Waals surface area contributed by atoms with Crippen molar-refractivity contribution in [1.82, 2.24) is 4.67 Å². The molecule has 0 aromatic heterocycles. The fourth-order valence-electron chi connectivity index (χ4n) is 0.544. The normalized spacial score (nSPS) is 10.5. The highest BCUT2D eigenvalue weighted by atomic mass is 31.1. The standard InChI is InChI=1S/C9H16NP/c1-6-7-8-9(2)10(3)11(4)5/h6-8H,1-2H2,3-5H3/b8-7-. The number of allylic oxidation sites excluding steroid dienone is 3. The number of nitrogens with zero attached hydrogens (tertiary/aromatic N) is 1. The summed E-state index contributed by atoms with van der Waals surface area (Å²) in [7, 11) is 1.99. The van der Waals surface area contributed by atoms with Crippen LogP contribution in [-0.2, 0) is 0 Å². The third-order valence-electron chi connectivity index (χ3n) is 1.44. The van der Waals surface area contributed by atoms with Gasteiger partial charge in [0.25, 0.3) is 0 Å². The van der Waals surface area contributed by atoms with Crippen LogP contribution >= 0.6 is 8.07 Å². The maximum Gasteiger partial charge on any atom is 0.0323 e. The van der Waals surface area contributed by atoms with Crippen molar-refractivity contribution in [3.8, 4) is 0 Å². The summed E-state index contributed by atoms with van der Waals surface area (Å²) in [5.74, 6) is 0. The molecule has 0 atom stereocenters. The van der Waals surface area contributed by atoms with Crippen molar-refractivity contribution in [3.05, 3.63) is 37.1 Å². The molecule has 0 aliphatic heterocycles. The third kappa shape index (κ3) is 4.00. The first-order valence-electron chi connectivity index (χ1n) is 3.48. The predicted octanol–water partition coefficient (Wildman–Crippen LogP) is 2.83. The topological polar surface area (TPSA) is 3.24 Å². The second-order valence-corrected chi connectivity index (χ2v) is 4.75. The summed E-state index contributed by atoms with van der Waals surface area (Å²) < 4.78 is 2.18. The van der Waals surface area contributed by atoms with E-state index >= 15 is 0 Å². The molecule has 0 radical (unpaired) electrons. The Bertz CT molecular complexity index is 170. The molecule has 11 heavy (non-hydrogen) atoms. The van der Waals surface area contributed by atoms with E-state index < -0.39 is 0 Å². The zero-order valence-electron chi connectivity index (χ0n) is 7.54. The van der Waals surface area contributed by atoms with Crippen LogP contribution in [0.5, 0.6) is 0 Å². The molecule has 0 amide bonds. The minimum atomic E-state index is -0.0694. The smallest absolute Gasteiger partial charge is 0.0323 e. The molecule has 0 saturated heterocycles. The Hall–Kier alpha value is -0.550. The van der Waals surface area contributed by atoms with Crippen LogP contribution in [0.2, 0.25) is 0 Å². The lowest BCUT2D eigenvalue weighted by Gasteiger charge is -2.23. The van der Waals surface area contributed by atoms with Crippen LogP contribution in [0.15, 0.2) is 37.1 Å². The van der Waals surface area contributed by atoms with Gasteiger partial charge in [0.1, 0.15) is 0 Å². The molecule has 62 valence electrons. The molecule has 0 aliphatic carbocycles. The van der Waals surface area contributed by atoms with E-state index in [0.717, 1.165) is 5.70 Å². The van der Waals surface area contributed by atoms with Crippen molar-refractivity contribution in [2.75, 3.05) is 20.4 Å². The fraction of sp³-hybridized carbons (Fsp3) is 0.333. The Labute approximate surface area is 70.9 Å². The van der Waals surface area contributed by atoms with Crippen molar-refractivity contribution in [1.29, 1.82) is 0 Å². The Morgan fingerprint density at radius 3 is 2.36 bits per heavy atom. The molecule has 2 heteroatoms. The van der Waals surface area contributed by atoms with Crippen LogP contribution in [0, 0.1) is 0 Å². The van der Waals surface area contributed by atoms with Crippen molar-refractivity contribution in [2.45, 2.75) is 0 Å². The van der Waals surface area contributed by atoms with Gasteiger partial charge in [0.15, 0.2) is 0 Å². The minimum Gasteiger partial charge on any atom is -0.355 e. The predicted molar refractivity (Wildman–Crippen MR) is 55.0 cm³/mol. The van der Waals surface area contributed by atoms with Crippen LogP contribution < -0.4 is 0 Å². The highest BCUT2D eigenvalue weighted by molar-refractivity contribution is 7.53. The molecule has 0 aromatic carbocycles. The van der Waals surface area contributed by atoms with Gasteiger partial charge in [-0.3, -0.25) is 0 Å². The minimum absolute atomic E-state index is 0.0694. The van der Waals surface area contributed by atoms with Gasteiger partial charge in [-0.05, 0) is 27.5 Å². The summed E-state index contributed by atoms with van der Waals surface area (Å²) in [6, 6.07) is 0. The molecular weight excluding hydrogens is 153 g/mol. The van der Waals surface area contributed by atoms with E-state index in [2.05, 4.69) is 38.2 Å². The largest absolute Gasteiger partial charge is 0.355 e. The maximum atomic E-state index is 3.92. The molecule has 0 fully saturated rings. The number of hydrogen-bond acceptors (Lipinski definition) is 1. The summed E-state index contributed by atoms with van der Waals surface area (Å²) in [4.78, 5) is 0. The van der Waals surface area contributed by atoms with Gasteiger partial charge in [-0.1, -0.05) is 25.3 Å². The Balaban J connectivity index is 4.03. The number of hydrogen-bond donors (Lipinski definition) is 0. The van der Waals surface area contributed by atoms with E-state index in [4.69, 9.17) is 0 Å². The van der Waals surface area contributed by atoms with Crippen LogP contribution in [-0.4, -0.2) is 25.0 Å². The number of rotatable bonds is 4. The van der Waals surface area contributed by atoms with Gasteiger partial charge in [-0.15, -0.1) is 0 Å². The van der Waals surface area contributed by atoms with Crippen molar-refractivity contribution >= 4 is 8.07 Å². The quantitative estimate of drug-likeness (QED) is 0.462. The van der Waals surface area contributed by atoms with Crippen LogP contribution in [0.25, 0.3) is 0 Å². The summed E-state index contributed by atoms with van der Waals surface area (Å²) in [6.45, 7) is 11.9. The van der Waals surface area contributed by atoms with E-state index in [1.807, 2.05) is 12.2 Å². The third-order valence-corrected chi connectivity index (χ3v) is 2.90. The summed E-state index contributed by atoms with van der Waals surface area (Å²) >= 11 is 0. The molecule has 0 N–H and O–H groups in total. The molecule has 0 spiro atoms. The van der Waals surface area contributed by atoms with Crippen molar-refractivity contribution in [2.24, 2.45) is 0 Å². The summed E-state index contributed by atoms with van der Waals surface area (Å²) in [6.07, 6.45) is 5.62. The van der Waals surface area contributed by atoms with Crippen LogP contribution in [0.4, 0.5) is 0 Å². The van der Waals surface area contributed by atoms with Gasteiger partial charge in [-0.2, -0.15) is 0 Å². The monoisotopic (exact) mass is 169 g/mol. The van der Waals surface area contributed by atoms with E-state index in [9.17, 15) is 0 Å². The SMILES string of the molecule is C=C/C=C\C(=C)N(C)P(C)C. The fourth-order valence-corrected chi connectivity index (χ4v) is 1.12. The van der Waals surface area contributed by atoms with E-state index in [0.29, 0.717) is 0 Å². The number of likely N-dealkylation sites (N-methyl/N-ethyl adjacent to an activating group) is 1. The van der Waals surface area contributed by atoms with Crippen LogP contribution in [0.1, 0.15) is 0 Å². The van der Waals surface area contributed by atoms with E-state index in [-0.39, 0.29) is 8.07 Å². The molecule has 0 aliphatic rings. The average Bonchev–Trinajstić information content (AvgIpc) is 1.98. The van der Waals surface area contributed by atoms with E-state index in [1.54, 1.807) is 6.08 Å². The van der Waals surface area contributed by atoms with Crippen molar-refractivity contribution < 1.29 is 0 Å². The molecule has 0 heterocycles. The average molecular weight is 169 g/mol. The lowest BCUT2D eigenvalue weighted by Crippen LogP contribution is -2.07. The van der Waals surface area contributed by atoms with Gasteiger partial charge in [0.2, 0.25) is 0 Å². The first-order valence-corrected chi connectivity index (χ1v) is 5.67. The zero-order valence-corrected chi connectivity index (χ0v) is 8.44. The highest BCUT2D eigenvalue weighted by Gasteiger charge is 2.00. The molecule has 0 unspecified atom stereocenters. The second kappa shape index (κ2) is 5.15. The highest BCUT2D eigenvalue weighted by Crippen LogP contribution is 2.32. The maximum absolute atomic E-state index is 3.92. The Morgan fingerprint density at radius 1 is 1.45 bits per heavy atom. The summed E-state index contributed by atoms with van der Waals surface area (Å²) in [5, 5.41) is 0. The molecule has 0 bridgehead atoms. The van der Waals surface area contributed by atoms with Gasteiger partial charge in [0, 0.05) is 12.7 Å². The molecule has 0 aromatic rings. The lowest BCUT2D eigenvalue weighted by atomic mass is 10.4. The van der Waals surface area contributed by atoms with Gasteiger partial charge < -0.3 is 4.67 Å². The van der Waals surface area contributed by atoms with Crippen LogP contribution in [0.3, 0.4) is 0 Å². The summed E-state index contributed by atoms with van der Waals surface area (Å²) in [5.41, 5.74) is 1.04. The Kier molecular flexibility index (Phi) is 4.89. The first-order chi connectivity index (χ1) is 5.09. The van der Waals surface area contributed by atoms with Gasteiger partial charge in [0.05, 0.1) is 0 Å². The zero-order chi connectivity index (χ0) is 8.85. The van der Waals surface area contributed by atoms with Gasteiger partial charge >= 0.3 is 0 Å².